The van der Waals surface area contributed by atoms with Crippen molar-refractivity contribution in [3.8, 4) is 0 Å². The third-order valence-electron chi connectivity index (χ3n) is 5.29. The predicted octanol–water partition coefficient (Wildman–Crippen LogP) is 1.32. The van der Waals surface area contributed by atoms with Crippen molar-refractivity contribution in [3.05, 3.63) is 0 Å². The lowest BCUT2D eigenvalue weighted by atomic mass is 9.82. The zero-order valence-corrected chi connectivity index (χ0v) is 12.8. The Morgan fingerprint density at radius 3 is 2.62 bits per heavy atom. The molecule has 0 spiro atoms. The molecule has 0 aromatic rings. The SMILES string of the molecule is CC1CCC(C(=O)N[C@H]2CCN([C@H]3CCOC3)C2=O)CC1. The first-order valence-electron chi connectivity index (χ1n) is 8.33. The van der Waals surface area contributed by atoms with Gasteiger partial charge in [-0.2, -0.15) is 0 Å². The van der Waals surface area contributed by atoms with Crippen LogP contribution in [0.3, 0.4) is 0 Å². The molecule has 3 aliphatic rings. The molecule has 118 valence electrons. The van der Waals surface area contributed by atoms with Crippen LogP contribution in [0.5, 0.6) is 0 Å². The number of carbonyl (C=O) groups excluding carboxylic acids is 2. The van der Waals surface area contributed by atoms with Gasteiger partial charge in [0.1, 0.15) is 6.04 Å². The van der Waals surface area contributed by atoms with Crippen LogP contribution in [-0.4, -0.2) is 48.6 Å². The number of amides is 2. The van der Waals surface area contributed by atoms with Gasteiger partial charge in [0.25, 0.3) is 0 Å². The average molecular weight is 294 g/mol. The lowest BCUT2D eigenvalue weighted by Crippen LogP contribution is -2.46. The topological polar surface area (TPSA) is 58.6 Å². The van der Waals surface area contributed by atoms with Crippen LogP contribution >= 0.6 is 0 Å². The Labute approximate surface area is 126 Å². The van der Waals surface area contributed by atoms with Gasteiger partial charge in [0.15, 0.2) is 0 Å². The molecule has 5 nitrogen and oxygen atoms in total. The summed E-state index contributed by atoms with van der Waals surface area (Å²) in [7, 11) is 0. The molecule has 2 amide bonds. The molecule has 0 aromatic heterocycles. The van der Waals surface area contributed by atoms with E-state index in [9.17, 15) is 9.59 Å². The minimum atomic E-state index is -0.308. The molecule has 2 atom stereocenters. The summed E-state index contributed by atoms with van der Waals surface area (Å²) in [6, 6.07) is -0.0904. The molecule has 2 saturated heterocycles. The Hall–Kier alpha value is -1.10. The molecule has 1 aliphatic carbocycles. The van der Waals surface area contributed by atoms with Crippen molar-refractivity contribution in [2.75, 3.05) is 19.8 Å². The fraction of sp³-hybridized carbons (Fsp3) is 0.875. The minimum Gasteiger partial charge on any atom is -0.379 e. The standard InChI is InChI=1S/C16H26N2O3/c1-11-2-4-12(5-3-11)15(19)17-14-6-8-18(16(14)20)13-7-9-21-10-13/h11-14H,2-10H2,1H3,(H,17,19)/t11?,12?,13-,14-/m0/s1. The van der Waals surface area contributed by atoms with Crippen LogP contribution in [0.25, 0.3) is 0 Å². The highest BCUT2D eigenvalue weighted by Gasteiger charge is 2.38. The van der Waals surface area contributed by atoms with Gasteiger partial charge in [-0.1, -0.05) is 6.92 Å². The van der Waals surface area contributed by atoms with Gasteiger partial charge < -0.3 is 15.0 Å². The van der Waals surface area contributed by atoms with E-state index in [1.165, 1.54) is 0 Å². The summed E-state index contributed by atoms with van der Waals surface area (Å²) in [6.45, 7) is 4.38. The molecule has 0 bridgehead atoms. The van der Waals surface area contributed by atoms with E-state index >= 15 is 0 Å². The number of nitrogens with one attached hydrogen (secondary N) is 1. The summed E-state index contributed by atoms with van der Waals surface area (Å²) in [5.41, 5.74) is 0. The van der Waals surface area contributed by atoms with E-state index < -0.39 is 0 Å². The van der Waals surface area contributed by atoms with Crippen molar-refractivity contribution in [1.82, 2.24) is 10.2 Å². The van der Waals surface area contributed by atoms with E-state index in [0.29, 0.717) is 6.61 Å². The van der Waals surface area contributed by atoms with E-state index in [2.05, 4.69) is 12.2 Å². The Morgan fingerprint density at radius 1 is 1.19 bits per heavy atom. The molecule has 1 N–H and O–H groups in total. The van der Waals surface area contributed by atoms with Gasteiger partial charge >= 0.3 is 0 Å². The number of nitrogens with zero attached hydrogens (tertiary/aromatic N) is 1. The quantitative estimate of drug-likeness (QED) is 0.854. The van der Waals surface area contributed by atoms with Gasteiger partial charge in [-0.05, 0) is 44.4 Å². The molecule has 0 radical (unpaired) electrons. The van der Waals surface area contributed by atoms with Crippen LogP contribution in [0.4, 0.5) is 0 Å². The van der Waals surface area contributed by atoms with Crippen molar-refractivity contribution >= 4 is 11.8 Å². The summed E-state index contributed by atoms with van der Waals surface area (Å²) < 4.78 is 5.36. The molecule has 0 aromatic carbocycles. The van der Waals surface area contributed by atoms with Crippen LogP contribution in [-0.2, 0) is 14.3 Å². The molecule has 1 saturated carbocycles. The third kappa shape index (κ3) is 3.23. The molecular weight excluding hydrogens is 268 g/mol. The van der Waals surface area contributed by atoms with Gasteiger partial charge in [0.05, 0.1) is 12.6 Å². The molecule has 5 heteroatoms. The fourth-order valence-corrected chi connectivity index (χ4v) is 3.78. The molecule has 3 fully saturated rings. The second-order valence-electron chi connectivity index (χ2n) is 6.86. The van der Waals surface area contributed by atoms with Gasteiger partial charge in [-0.25, -0.2) is 0 Å². The highest BCUT2D eigenvalue weighted by atomic mass is 16.5. The third-order valence-corrected chi connectivity index (χ3v) is 5.29. The van der Waals surface area contributed by atoms with Gasteiger partial charge in [-0.15, -0.1) is 0 Å². The van der Waals surface area contributed by atoms with Crippen molar-refractivity contribution in [2.45, 2.75) is 57.5 Å². The molecule has 0 unspecified atom stereocenters. The van der Waals surface area contributed by atoms with Crippen molar-refractivity contribution < 1.29 is 14.3 Å². The van der Waals surface area contributed by atoms with Gasteiger partial charge in [0, 0.05) is 19.1 Å². The summed E-state index contributed by atoms with van der Waals surface area (Å²) in [5, 5.41) is 3.00. The summed E-state index contributed by atoms with van der Waals surface area (Å²) in [6.07, 6.45) is 5.85. The summed E-state index contributed by atoms with van der Waals surface area (Å²) in [5.74, 6) is 1.02. The molecular formula is C16H26N2O3. The van der Waals surface area contributed by atoms with Crippen LogP contribution in [0, 0.1) is 11.8 Å². The van der Waals surface area contributed by atoms with E-state index in [1.54, 1.807) is 0 Å². The highest BCUT2D eigenvalue weighted by Crippen LogP contribution is 2.29. The maximum atomic E-state index is 12.4. The molecule has 2 heterocycles. The first-order chi connectivity index (χ1) is 10.1. The van der Waals surface area contributed by atoms with Gasteiger partial charge in [0.2, 0.25) is 11.8 Å². The zero-order valence-electron chi connectivity index (χ0n) is 12.8. The Balaban J connectivity index is 1.51. The van der Waals surface area contributed by atoms with Crippen LogP contribution in [0.2, 0.25) is 0 Å². The summed E-state index contributed by atoms with van der Waals surface area (Å²) >= 11 is 0. The maximum absolute atomic E-state index is 12.4. The Bertz CT molecular complexity index is 398. The second-order valence-corrected chi connectivity index (χ2v) is 6.86. The zero-order chi connectivity index (χ0) is 14.8. The lowest BCUT2D eigenvalue weighted by molar-refractivity contribution is -0.135. The Kier molecular flexibility index (Phi) is 4.48. The van der Waals surface area contributed by atoms with Crippen molar-refractivity contribution in [2.24, 2.45) is 11.8 Å². The number of carbonyl (C=O) groups is 2. The fourth-order valence-electron chi connectivity index (χ4n) is 3.78. The Morgan fingerprint density at radius 2 is 1.95 bits per heavy atom. The number of rotatable bonds is 3. The number of hydrogen-bond acceptors (Lipinski definition) is 3. The maximum Gasteiger partial charge on any atom is 0.245 e. The van der Waals surface area contributed by atoms with E-state index in [-0.39, 0.29) is 29.8 Å². The molecule has 2 aliphatic heterocycles. The minimum absolute atomic E-state index is 0.0861. The molecule has 3 rings (SSSR count). The first kappa shape index (κ1) is 14.8. The summed E-state index contributed by atoms with van der Waals surface area (Å²) in [4.78, 5) is 26.6. The van der Waals surface area contributed by atoms with Crippen LogP contribution < -0.4 is 5.32 Å². The number of hydrogen-bond donors (Lipinski definition) is 1. The van der Waals surface area contributed by atoms with E-state index in [4.69, 9.17) is 4.74 Å². The van der Waals surface area contributed by atoms with E-state index in [1.807, 2.05) is 4.90 Å². The largest absolute Gasteiger partial charge is 0.379 e. The average Bonchev–Trinajstić information content (AvgIpc) is 3.10. The predicted molar refractivity (Wildman–Crippen MR) is 78.6 cm³/mol. The van der Waals surface area contributed by atoms with Crippen molar-refractivity contribution in [3.63, 3.8) is 0 Å². The normalized spacial score (nSPS) is 37.0. The lowest BCUT2D eigenvalue weighted by Gasteiger charge is -2.27. The number of ether oxygens (including phenoxy) is 1. The smallest absolute Gasteiger partial charge is 0.245 e. The van der Waals surface area contributed by atoms with Crippen molar-refractivity contribution in [1.29, 1.82) is 0 Å². The van der Waals surface area contributed by atoms with Crippen LogP contribution in [0.15, 0.2) is 0 Å². The highest BCUT2D eigenvalue weighted by molar-refractivity contribution is 5.90. The monoisotopic (exact) mass is 294 g/mol. The second kappa shape index (κ2) is 6.34. The van der Waals surface area contributed by atoms with Crippen LogP contribution in [0.1, 0.15) is 45.4 Å². The number of likely N-dealkylation sites (tertiary alicyclic amines) is 1. The van der Waals surface area contributed by atoms with Gasteiger partial charge in [-0.3, -0.25) is 9.59 Å². The molecule has 21 heavy (non-hydrogen) atoms. The first-order valence-corrected chi connectivity index (χ1v) is 8.33. The van der Waals surface area contributed by atoms with E-state index in [0.717, 1.165) is 57.6 Å².